The standard InChI is InChI=1S/C14H19BrN2O2/c1-9-12(4-3-7-16-9)17-14(18)11-6-5-10(15)8-13(11)19-2/h5-6,8-9,12,16H,3-4,7H2,1-2H3,(H,17,18). The second kappa shape index (κ2) is 6.39. The van der Waals surface area contributed by atoms with Crippen LogP contribution in [0.25, 0.3) is 0 Å². The van der Waals surface area contributed by atoms with Gasteiger partial charge in [0.25, 0.3) is 5.91 Å². The molecular weight excluding hydrogens is 308 g/mol. The van der Waals surface area contributed by atoms with Crippen LogP contribution in [0.15, 0.2) is 22.7 Å². The number of piperidine rings is 1. The summed E-state index contributed by atoms with van der Waals surface area (Å²) in [5.41, 5.74) is 0.573. The molecule has 1 aliphatic rings. The van der Waals surface area contributed by atoms with Crippen molar-refractivity contribution in [2.24, 2.45) is 0 Å². The summed E-state index contributed by atoms with van der Waals surface area (Å²) in [4.78, 5) is 12.3. The minimum atomic E-state index is -0.0788. The Morgan fingerprint density at radius 1 is 1.53 bits per heavy atom. The van der Waals surface area contributed by atoms with Crippen LogP contribution in [0.2, 0.25) is 0 Å². The quantitative estimate of drug-likeness (QED) is 0.896. The van der Waals surface area contributed by atoms with Crippen molar-refractivity contribution in [3.05, 3.63) is 28.2 Å². The third kappa shape index (κ3) is 3.48. The largest absolute Gasteiger partial charge is 0.496 e. The molecule has 2 unspecified atom stereocenters. The fourth-order valence-electron chi connectivity index (χ4n) is 2.34. The van der Waals surface area contributed by atoms with Crippen LogP contribution >= 0.6 is 15.9 Å². The smallest absolute Gasteiger partial charge is 0.255 e. The van der Waals surface area contributed by atoms with Crippen molar-refractivity contribution in [1.29, 1.82) is 0 Å². The van der Waals surface area contributed by atoms with E-state index in [0.29, 0.717) is 17.4 Å². The van der Waals surface area contributed by atoms with Gasteiger partial charge in [-0.05, 0) is 44.5 Å². The maximum absolute atomic E-state index is 12.3. The Morgan fingerprint density at radius 3 is 3.00 bits per heavy atom. The van der Waals surface area contributed by atoms with Crippen LogP contribution in [0.3, 0.4) is 0 Å². The van der Waals surface area contributed by atoms with Gasteiger partial charge in [0.05, 0.1) is 12.7 Å². The Hall–Kier alpha value is -1.07. The first-order chi connectivity index (χ1) is 9.11. The van der Waals surface area contributed by atoms with Crippen LogP contribution in [0.4, 0.5) is 0 Å². The second-order valence-corrected chi connectivity index (χ2v) is 5.73. The predicted molar refractivity (Wildman–Crippen MR) is 78.6 cm³/mol. The van der Waals surface area contributed by atoms with E-state index in [4.69, 9.17) is 4.74 Å². The van der Waals surface area contributed by atoms with Crippen LogP contribution in [0.1, 0.15) is 30.1 Å². The average Bonchev–Trinajstić information content (AvgIpc) is 2.41. The van der Waals surface area contributed by atoms with Crippen LogP contribution in [0, 0.1) is 0 Å². The molecule has 2 atom stereocenters. The maximum atomic E-state index is 12.3. The molecule has 0 radical (unpaired) electrons. The number of ether oxygens (including phenoxy) is 1. The highest BCUT2D eigenvalue weighted by Crippen LogP contribution is 2.23. The van der Waals surface area contributed by atoms with Crippen molar-refractivity contribution >= 4 is 21.8 Å². The number of halogens is 1. The van der Waals surface area contributed by atoms with Gasteiger partial charge in [-0.15, -0.1) is 0 Å². The zero-order chi connectivity index (χ0) is 13.8. The number of methoxy groups -OCH3 is 1. The molecule has 5 heteroatoms. The van der Waals surface area contributed by atoms with Gasteiger partial charge < -0.3 is 15.4 Å². The molecule has 1 aromatic rings. The number of benzene rings is 1. The van der Waals surface area contributed by atoms with Gasteiger partial charge in [-0.25, -0.2) is 0 Å². The zero-order valence-electron chi connectivity index (χ0n) is 11.2. The highest BCUT2D eigenvalue weighted by Gasteiger charge is 2.24. The van der Waals surface area contributed by atoms with Gasteiger partial charge in [0, 0.05) is 16.6 Å². The van der Waals surface area contributed by atoms with Gasteiger partial charge in [0.2, 0.25) is 0 Å². The Morgan fingerprint density at radius 2 is 2.32 bits per heavy atom. The number of carbonyl (C=O) groups excluding carboxylic acids is 1. The molecule has 104 valence electrons. The summed E-state index contributed by atoms with van der Waals surface area (Å²) >= 11 is 3.37. The first kappa shape index (κ1) is 14.3. The van der Waals surface area contributed by atoms with Gasteiger partial charge in [-0.1, -0.05) is 15.9 Å². The predicted octanol–water partition coefficient (Wildman–Crippen LogP) is 2.33. The summed E-state index contributed by atoms with van der Waals surface area (Å²) in [6, 6.07) is 5.91. The van der Waals surface area contributed by atoms with Crippen molar-refractivity contribution in [2.45, 2.75) is 31.8 Å². The van der Waals surface area contributed by atoms with E-state index in [1.54, 1.807) is 19.2 Å². The molecule has 1 saturated heterocycles. The number of hydrogen-bond donors (Lipinski definition) is 2. The first-order valence-electron chi connectivity index (χ1n) is 6.49. The van der Waals surface area contributed by atoms with E-state index in [-0.39, 0.29) is 11.9 Å². The van der Waals surface area contributed by atoms with Gasteiger partial charge in [-0.2, -0.15) is 0 Å². The SMILES string of the molecule is COc1cc(Br)ccc1C(=O)NC1CCCNC1C. The van der Waals surface area contributed by atoms with E-state index in [1.165, 1.54) is 0 Å². The molecular formula is C14H19BrN2O2. The fraction of sp³-hybridized carbons (Fsp3) is 0.500. The fourth-order valence-corrected chi connectivity index (χ4v) is 2.68. The Kier molecular flexibility index (Phi) is 4.82. The number of rotatable bonds is 3. The van der Waals surface area contributed by atoms with E-state index in [0.717, 1.165) is 23.9 Å². The van der Waals surface area contributed by atoms with E-state index in [2.05, 4.69) is 33.5 Å². The van der Waals surface area contributed by atoms with Crippen molar-refractivity contribution in [2.75, 3.05) is 13.7 Å². The molecule has 2 N–H and O–H groups in total. The molecule has 1 amide bonds. The van der Waals surface area contributed by atoms with E-state index < -0.39 is 0 Å². The second-order valence-electron chi connectivity index (χ2n) is 4.81. The molecule has 0 aliphatic carbocycles. The average molecular weight is 327 g/mol. The van der Waals surface area contributed by atoms with E-state index in [1.807, 2.05) is 6.07 Å². The van der Waals surface area contributed by atoms with Gasteiger partial charge in [0.15, 0.2) is 0 Å². The molecule has 0 saturated carbocycles. The number of amides is 1. The molecule has 0 bridgehead atoms. The molecule has 0 aromatic heterocycles. The topological polar surface area (TPSA) is 50.4 Å². The van der Waals surface area contributed by atoms with Crippen molar-refractivity contribution in [3.63, 3.8) is 0 Å². The molecule has 4 nitrogen and oxygen atoms in total. The minimum absolute atomic E-state index is 0.0788. The van der Waals surface area contributed by atoms with Crippen molar-refractivity contribution < 1.29 is 9.53 Å². The highest BCUT2D eigenvalue weighted by atomic mass is 79.9. The van der Waals surface area contributed by atoms with Crippen molar-refractivity contribution in [3.8, 4) is 5.75 Å². The number of nitrogens with one attached hydrogen (secondary N) is 2. The summed E-state index contributed by atoms with van der Waals surface area (Å²) < 4.78 is 6.15. The van der Waals surface area contributed by atoms with Crippen LogP contribution in [0.5, 0.6) is 5.75 Å². The normalized spacial score (nSPS) is 22.9. The van der Waals surface area contributed by atoms with Gasteiger partial charge in [-0.3, -0.25) is 4.79 Å². The molecule has 1 aliphatic heterocycles. The maximum Gasteiger partial charge on any atom is 0.255 e. The summed E-state index contributed by atoms with van der Waals surface area (Å²) in [5.74, 6) is 0.508. The number of carbonyl (C=O) groups is 1. The van der Waals surface area contributed by atoms with Crippen molar-refractivity contribution in [1.82, 2.24) is 10.6 Å². The van der Waals surface area contributed by atoms with Gasteiger partial charge >= 0.3 is 0 Å². The van der Waals surface area contributed by atoms with Crippen LogP contribution in [-0.2, 0) is 0 Å². The van der Waals surface area contributed by atoms with E-state index in [9.17, 15) is 4.79 Å². The minimum Gasteiger partial charge on any atom is -0.496 e. The Balaban J connectivity index is 2.11. The lowest BCUT2D eigenvalue weighted by Gasteiger charge is -2.30. The van der Waals surface area contributed by atoms with Crippen LogP contribution in [-0.4, -0.2) is 31.6 Å². The van der Waals surface area contributed by atoms with Crippen LogP contribution < -0.4 is 15.4 Å². The third-order valence-electron chi connectivity index (χ3n) is 3.49. The first-order valence-corrected chi connectivity index (χ1v) is 7.29. The van der Waals surface area contributed by atoms with E-state index >= 15 is 0 Å². The summed E-state index contributed by atoms with van der Waals surface area (Å²) in [6.45, 7) is 3.12. The molecule has 1 aromatic carbocycles. The Bertz CT molecular complexity index is 465. The molecule has 1 fully saturated rings. The molecule has 19 heavy (non-hydrogen) atoms. The summed E-state index contributed by atoms with van der Waals surface area (Å²) in [7, 11) is 1.57. The lowest BCUT2D eigenvalue weighted by Crippen LogP contribution is -2.51. The monoisotopic (exact) mass is 326 g/mol. The lowest BCUT2D eigenvalue weighted by molar-refractivity contribution is 0.0917. The van der Waals surface area contributed by atoms with Gasteiger partial charge in [0.1, 0.15) is 5.75 Å². The summed E-state index contributed by atoms with van der Waals surface area (Å²) in [5, 5.41) is 6.46. The molecule has 0 spiro atoms. The molecule has 1 heterocycles. The zero-order valence-corrected chi connectivity index (χ0v) is 12.8. The lowest BCUT2D eigenvalue weighted by atomic mass is 9.99. The third-order valence-corrected chi connectivity index (χ3v) is 3.98. The molecule has 2 rings (SSSR count). The summed E-state index contributed by atoms with van der Waals surface area (Å²) in [6.07, 6.45) is 2.10. The number of hydrogen-bond acceptors (Lipinski definition) is 3. The Labute approximate surface area is 122 Å². The highest BCUT2D eigenvalue weighted by molar-refractivity contribution is 9.10.